The van der Waals surface area contributed by atoms with E-state index in [0.717, 1.165) is 42.6 Å². The van der Waals surface area contributed by atoms with Crippen LogP contribution in [0, 0.1) is 19.8 Å². The average molecular weight is 398 g/mol. The Hall–Kier alpha value is -3.21. The Bertz CT molecular complexity index is 1110. The molecule has 2 unspecified atom stereocenters. The summed E-state index contributed by atoms with van der Waals surface area (Å²) in [7, 11) is 2.03. The number of guanidine groups is 1. The van der Waals surface area contributed by atoms with Gasteiger partial charge in [-0.2, -0.15) is 0 Å². The quantitative estimate of drug-likeness (QED) is 0.716. The van der Waals surface area contributed by atoms with E-state index in [4.69, 9.17) is 4.99 Å². The maximum Gasteiger partial charge on any atom is 0.206 e. The number of nitrogens with zero attached hydrogens (tertiary/aromatic N) is 5. The number of fused-ring (bicyclic) bond motifs is 3. The molecule has 1 fully saturated rings. The van der Waals surface area contributed by atoms with Crippen LogP contribution in [-0.2, 0) is 0 Å². The number of aliphatic imine (C=N–C) groups is 1. The molecule has 0 spiro atoms. The van der Waals surface area contributed by atoms with Crippen molar-refractivity contribution in [2.24, 2.45) is 10.9 Å². The number of allylic oxidation sites excluding steroid dienone is 1. The zero-order chi connectivity index (χ0) is 21.0. The Morgan fingerprint density at radius 3 is 2.73 bits per heavy atom. The van der Waals surface area contributed by atoms with E-state index in [1.54, 1.807) is 12.5 Å². The van der Waals surface area contributed by atoms with Crippen molar-refractivity contribution in [3.63, 3.8) is 0 Å². The monoisotopic (exact) mass is 397 g/mol. The van der Waals surface area contributed by atoms with Crippen LogP contribution in [0.15, 0.2) is 60.6 Å². The first-order valence-corrected chi connectivity index (χ1v) is 10.5. The van der Waals surface area contributed by atoms with E-state index < -0.39 is 0 Å². The van der Waals surface area contributed by atoms with Gasteiger partial charge in [-0.15, -0.1) is 0 Å². The van der Waals surface area contributed by atoms with Crippen molar-refractivity contribution in [2.45, 2.75) is 26.2 Å². The van der Waals surface area contributed by atoms with Gasteiger partial charge < -0.3 is 9.80 Å². The van der Waals surface area contributed by atoms with Gasteiger partial charge in [0.2, 0.25) is 5.96 Å². The molecule has 0 bridgehead atoms. The molecule has 1 aliphatic carbocycles. The minimum absolute atomic E-state index is 0.423. The molecule has 0 saturated carbocycles. The molecule has 0 radical (unpaired) electrons. The second-order valence-electron chi connectivity index (χ2n) is 8.61. The molecule has 2 atom stereocenters. The van der Waals surface area contributed by atoms with Gasteiger partial charge in [-0.25, -0.2) is 15.0 Å². The van der Waals surface area contributed by atoms with Crippen molar-refractivity contribution in [1.29, 1.82) is 0 Å². The molecule has 30 heavy (non-hydrogen) atoms. The van der Waals surface area contributed by atoms with Crippen LogP contribution in [0.3, 0.4) is 0 Å². The summed E-state index contributed by atoms with van der Waals surface area (Å²) in [6.07, 6.45) is 6.39. The van der Waals surface area contributed by atoms with Crippen LogP contribution >= 0.6 is 0 Å². The average Bonchev–Trinajstić information content (AvgIpc) is 3.02. The van der Waals surface area contributed by atoms with Gasteiger partial charge in [0.15, 0.2) is 0 Å². The van der Waals surface area contributed by atoms with Crippen molar-refractivity contribution < 1.29 is 0 Å². The highest BCUT2D eigenvalue weighted by molar-refractivity contribution is 5.91. The number of piperidine rings is 1. The first-order valence-electron chi connectivity index (χ1n) is 10.5. The Labute approximate surface area is 178 Å². The van der Waals surface area contributed by atoms with Crippen molar-refractivity contribution >= 4 is 17.2 Å². The zero-order valence-corrected chi connectivity index (χ0v) is 17.9. The van der Waals surface area contributed by atoms with Gasteiger partial charge in [0.1, 0.15) is 6.33 Å². The Balaban J connectivity index is 1.47. The number of aromatic nitrogens is 2. The van der Waals surface area contributed by atoms with E-state index in [1.807, 2.05) is 19.2 Å². The van der Waals surface area contributed by atoms with E-state index in [-0.39, 0.29) is 0 Å². The lowest BCUT2D eigenvalue weighted by Crippen LogP contribution is -2.48. The van der Waals surface area contributed by atoms with Gasteiger partial charge in [-0.05, 0) is 60.6 Å². The number of likely N-dealkylation sites (N-methyl/N-ethyl adjacent to an activating group) is 1. The fourth-order valence-electron chi connectivity index (χ4n) is 5.23. The van der Waals surface area contributed by atoms with Gasteiger partial charge in [0.25, 0.3) is 0 Å². The number of likely N-dealkylation sites (tertiary alicyclic amines) is 1. The number of benzene rings is 1. The third-order valence-electron chi connectivity index (χ3n) is 6.67. The molecule has 5 rings (SSSR count). The summed E-state index contributed by atoms with van der Waals surface area (Å²) in [4.78, 5) is 17.8. The van der Waals surface area contributed by atoms with E-state index in [1.165, 1.54) is 27.8 Å². The van der Waals surface area contributed by atoms with Gasteiger partial charge in [-0.3, -0.25) is 0 Å². The van der Waals surface area contributed by atoms with Crippen LogP contribution in [0.1, 0.15) is 40.3 Å². The highest BCUT2D eigenvalue weighted by Gasteiger charge is 2.41. The van der Waals surface area contributed by atoms with Crippen molar-refractivity contribution in [1.82, 2.24) is 19.8 Å². The van der Waals surface area contributed by atoms with Crippen molar-refractivity contribution in [3.8, 4) is 0 Å². The highest BCUT2D eigenvalue weighted by Crippen LogP contribution is 2.50. The molecule has 0 amide bonds. The fourth-order valence-corrected chi connectivity index (χ4v) is 5.23. The predicted octanol–water partition coefficient (Wildman–Crippen LogP) is 4.38. The summed E-state index contributed by atoms with van der Waals surface area (Å²) in [5, 5.41) is 0. The molecule has 3 aliphatic rings. The molecular formula is C25H27N5. The summed E-state index contributed by atoms with van der Waals surface area (Å²) in [6.45, 7) is 15.0. The van der Waals surface area contributed by atoms with Gasteiger partial charge in [0, 0.05) is 37.9 Å². The third-order valence-corrected chi connectivity index (χ3v) is 6.67. The largest absolute Gasteiger partial charge is 0.342 e. The van der Waals surface area contributed by atoms with Crippen molar-refractivity contribution in [2.75, 3.05) is 20.1 Å². The molecule has 5 nitrogen and oxygen atoms in total. The van der Waals surface area contributed by atoms with Crippen LogP contribution in [0.25, 0.3) is 11.3 Å². The summed E-state index contributed by atoms with van der Waals surface area (Å²) < 4.78 is 0. The van der Waals surface area contributed by atoms with Crippen molar-refractivity contribution in [3.05, 3.63) is 83.6 Å². The van der Waals surface area contributed by atoms with Gasteiger partial charge in [-0.1, -0.05) is 30.9 Å². The Kier molecular flexibility index (Phi) is 4.35. The molecule has 3 heterocycles. The molecule has 1 aromatic heterocycles. The molecule has 0 N–H and O–H groups in total. The third kappa shape index (κ3) is 2.88. The minimum Gasteiger partial charge on any atom is -0.342 e. The molecular weight excluding hydrogens is 370 g/mol. The lowest BCUT2D eigenvalue weighted by molar-refractivity contribution is 0.255. The summed E-state index contributed by atoms with van der Waals surface area (Å²) >= 11 is 0. The number of aryl methyl sites for hydroxylation is 2. The summed E-state index contributed by atoms with van der Waals surface area (Å²) in [5.41, 5.74) is 9.42. The molecule has 152 valence electrons. The van der Waals surface area contributed by atoms with Crippen LogP contribution in [0.2, 0.25) is 0 Å². The van der Waals surface area contributed by atoms with Crippen LogP contribution in [-0.4, -0.2) is 45.9 Å². The molecule has 1 aromatic carbocycles. The van der Waals surface area contributed by atoms with Gasteiger partial charge >= 0.3 is 0 Å². The minimum atomic E-state index is 0.423. The lowest BCUT2D eigenvalue weighted by atomic mass is 9.84. The maximum absolute atomic E-state index is 4.98. The molecule has 2 aromatic rings. The van der Waals surface area contributed by atoms with Crippen LogP contribution in [0.4, 0.5) is 0 Å². The second kappa shape index (κ2) is 6.94. The molecule has 5 heteroatoms. The standard InChI is InChI=1S/C25H27N5/c1-15-10-16(2)24-18(4)21-13-30(9-7-19(21)20(24)11-15)25-28-23(12-17(3)29(25)5)22-6-8-26-14-27-22/h6,8,10-12,14,19,21H,3-4,7,9,13H2,1-2,5H3. The van der Waals surface area contributed by atoms with Crippen LogP contribution < -0.4 is 0 Å². The Morgan fingerprint density at radius 2 is 1.97 bits per heavy atom. The number of rotatable bonds is 1. The van der Waals surface area contributed by atoms with E-state index in [9.17, 15) is 0 Å². The number of hydrogen-bond donors (Lipinski definition) is 0. The van der Waals surface area contributed by atoms with E-state index in [0.29, 0.717) is 11.8 Å². The highest BCUT2D eigenvalue weighted by atomic mass is 15.4. The molecule has 1 saturated heterocycles. The number of hydrogen-bond acceptors (Lipinski definition) is 5. The Morgan fingerprint density at radius 1 is 1.13 bits per heavy atom. The lowest BCUT2D eigenvalue weighted by Gasteiger charge is -2.41. The SMILES string of the molecule is C=C1c2c(C)cc(C)cc2C2CCN(C3=NC(c4ccncn4)=CC(=C)N3C)CC12. The van der Waals surface area contributed by atoms with E-state index in [2.05, 4.69) is 58.9 Å². The molecule has 2 aliphatic heterocycles. The zero-order valence-electron chi connectivity index (χ0n) is 17.9. The van der Waals surface area contributed by atoms with Gasteiger partial charge in [0.05, 0.1) is 11.4 Å². The van der Waals surface area contributed by atoms with E-state index >= 15 is 0 Å². The fraction of sp³-hybridized carbons (Fsp3) is 0.320. The summed E-state index contributed by atoms with van der Waals surface area (Å²) in [5.74, 6) is 1.91. The van der Waals surface area contributed by atoms with Crippen LogP contribution in [0.5, 0.6) is 0 Å². The summed E-state index contributed by atoms with van der Waals surface area (Å²) in [6, 6.07) is 6.54. The second-order valence-corrected chi connectivity index (χ2v) is 8.61. The normalized spacial score (nSPS) is 23.2. The predicted molar refractivity (Wildman–Crippen MR) is 122 cm³/mol. The first-order chi connectivity index (χ1) is 14.4. The topological polar surface area (TPSA) is 44.6 Å². The first kappa shape index (κ1) is 18.8. The maximum atomic E-state index is 4.98. The smallest absolute Gasteiger partial charge is 0.206 e.